The van der Waals surface area contributed by atoms with Crippen LogP contribution in [0.25, 0.3) is 0 Å². The Morgan fingerprint density at radius 3 is 2.19 bits per heavy atom. The van der Waals surface area contributed by atoms with Crippen LogP contribution in [-0.4, -0.2) is 48.0 Å². The molecule has 2 amide bonds. The molecule has 1 aromatic heterocycles. The first kappa shape index (κ1) is 24.6. The largest absolute Gasteiger partial charge is 0.465 e. The summed E-state index contributed by atoms with van der Waals surface area (Å²) in [5, 5.41) is 5.44. The van der Waals surface area contributed by atoms with Crippen molar-refractivity contribution in [2.75, 3.05) is 7.11 Å². The van der Waals surface area contributed by atoms with E-state index < -0.39 is 23.8 Å². The molecule has 0 fully saturated rings. The van der Waals surface area contributed by atoms with Crippen LogP contribution < -0.4 is 10.6 Å². The molecule has 0 radical (unpaired) electrons. The van der Waals surface area contributed by atoms with E-state index in [-0.39, 0.29) is 23.3 Å². The van der Waals surface area contributed by atoms with Crippen molar-refractivity contribution in [3.8, 4) is 0 Å². The van der Waals surface area contributed by atoms with Gasteiger partial charge in [-0.15, -0.1) is 0 Å². The molecule has 0 bridgehead atoms. The van der Waals surface area contributed by atoms with Gasteiger partial charge in [-0.1, -0.05) is 12.1 Å². The second kappa shape index (κ2) is 10.6. The predicted octanol–water partition coefficient (Wildman–Crippen LogP) is 3.05. The van der Waals surface area contributed by atoms with Gasteiger partial charge in [0.1, 0.15) is 0 Å². The van der Waals surface area contributed by atoms with Gasteiger partial charge in [0.25, 0.3) is 0 Å². The molecule has 1 unspecified atom stereocenters. The van der Waals surface area contributed by atoms with Crippen molar-refractivity contribution >= 4 is 23.8 Å². The van der Waals surface area contributed by atoms with Gasteiger partial charge >= 0.3 is 18.0 Å². The van der Waals surface area contributed by atoms with Gasteiger partial charge in [0.15, 0.2) is 6.10 Å². The SMILES string of the molecule is COC(=O)c1c(C)[nH]c(C(=O)C(C)OC(=O)c2ccc(CNC(=O)NC(C)C)cc2)c1C. The highest BCUT2D eigenvalue weighted by Crippen LogP contribution is 2.21. The Morgan fingerprint density at radius 1 is 1.00 bits per heavy atom. The first-order valence-corrected chi connectivity index (χ1v) is 10.2. The molecule has 9 nitrogen and oxygen atoms in total. The summed E-state index contributed by atoms with van der Waals surface area (Å²) >= 11 is 0. The number of methoxy groups -OCH3 is 1. The molecule has 2 rings (SSSR count). The minimum absolute atomic E-state index is 0.0302. The van der Waals surface area contributed by atoms with E-state index in [9.17, 15) is 19.2 Å². The lowest BCUT2D eigenvalue weighted by atomic mass is 10.1. The third-order valence-electron chi connectivity index (χ3n) is 4.79. The minimum atomic E-state index is -1.06. The minimum Gasteiger partial charge on any atom is -0.465 e. The second-order valence-electron chi connectivity index (χ2n) is 7.71. The van der Waals surface area contributed by atoms with E-state index in [1.807, 2.05) is 13.8 Å². The number of ketones is 1. The molecule has 3 N–H and O–H groups in total. The number of Topliss-reactive ketones (excluding diaryl/α,β-unsaturated/α-hetero) is 1. The molecular formula is C23H29N3O6. The van der Waals surface area contributed by atoms with Gasteiger partial charge in [-0.2, -0.15) is 0 Å². The van der Waals surface area contributed by atoms with Gasteiger partial charge in [0.2, 0.25) is 5.78 Å². The average molecular weight is 444 g/mol. The van der Waals surface area contributed by atoms with Crippen molar-refractivity contribution in [1.29, 1.82) is 0 Å². The summed E-state index contributed by atoms with van der Waals surface area (Å²) in [5.74, 6) is -1.65. The summed E-state index contributed by atoms with van der Waals surface area (Å²) in [6.07, 6.45) is -1.06. The van der Waals surface area contributed by atoms with E-state index in [1.54, 1.807) is 38.1 Å². The first-order valence-electron chi connectivity index (χ1n) is 10.2. The van der Waals surface area contributed by atoms with Gasteiger partial charge in [-0.25, -0.2) is 14.4 Å². The number of hydrogen-bond donors (Lipinski definition) is 3. The standard InChI is InChI=1S/C23H29N3O6/c1-12(2)25-23(30)24-11-16-7-9-17(10-8-16)21(28)32-15(5)20(27)19-13(3)18(14(4)26-19)22(29)31-6/h7-10,12,15,26H,11H2,1-6H3,(H2,24,25,30). The third-order valence-corrected chi connectivity index (χ3v) is 4.79. The van der Waals surface area contributed by atoms with E-state index >= 15 is 0 Å². The van der Waals surface area contributed by atoms with Crippen LogP contribution in [0.5, 0.6) is 0 Å². The summed E-state index contributed by atoms with van der Waals surface area (Å²) in [6.45, 7) is 8.79. The third kappa shape index (κ3) is 5.96. The summed E-state index contributed by atoms with van der Waals surface area (Å²) in [4.78, 5) is 51.7. The quantitative estimate of drug-likeness (QED) is 0.425. The number of rotatable bonds is 8. The molecule has 2 aromatic rings. The number of aromatic amines is 1. The Kier molecular flexibility index (Phi) is 8.17. The molecule has 0 saturated carbocycles. The number of urea groups is 1. The monoisotopic (exact) mass is 443 g/mol. The van der Waals surface area contributed by atoms with Crippen molar-refractivity contribution in [2.24, 2.45) is 0 Å². The van der Waals surface area contributed by atoms with Crippen LogP contribution in [-0.2, 0) is 16.0 Å². The maximum absolute atomic E-state index is 12.8. The molecule has 9 heteroatoms. The number of ether oxygens (including phenoxy) is 2. The van der Waals surface area contributed by atoms with Crippen LogP contribution in [0.1, 0.15) is 68.8 Å². The van der Waals surface area contributed by atoms with Crippen LogP contribution in [0.2, 0.25) is 0 Å². The van der Waals surface area contributed by atoms with E-state index in [2.05, 4.69) is 15.6 Å². The number of nitrogens with one attached hydrogen (secondary N) is 3. The highest BCUT2D eigenvalue weighted by atomic mass is 16.5. The van der Waals surface area contributed by atoms with Gasteiger partial charge in [0, 0.05) is 18.3 Å². The van der Waals surface area contributed by atoms with E-state index in [4.69, 9.17) is 9.47 Å². The molecule has 0 aliphatic heterocycles. The molecule has 32 heavy (non-hydrogen) atoms. The number of benzene rings is 1. The Bertz CT molecular complexity index is 1010. The number of H-pyrrole nitrogens is 1. The molecule has 1 atom stereocenters. The van der Waals surface area contributed by atoms with Gasteiger partial charge in [-0.3, -0.25) is 4.79 Å². The number of amides is 2. The Balaban J connectivity index is 2.01. The highest BCUT2D eigenvalue weighted by molar-refractivity contribution is 6.04. The van der Waals surface area contributed by atoms with Crippen LogP contribution in [0.4, 0.5) is 4.79 Å². The molecular weight excluding hydrogens is 414 g/mol. The van der Waals surface area contributed by atoms with Crippen molar-refractivity contribution in [3.63, 3.8) is 0 Å². The number of esters is 2. The Labute approximate surface area is 186 Å². The van der Waals surface area contributed by atoms with Crippen molar-refractivity contribution in [2.45, 2.75) is 53.3 Å². The lowest BCUT2D eigenvalue weighted by molar-refractivity contribution is 0.0316. The van der Waals surface area contributed by atoms with Crippen LogP contribution >= 0.6 is 0 Å². The number of aromatic nitrogens is 1. The number of carbonyl (C=O) groups excluding carboxylic acids is 4. The lowest BCUT2D eigenvalue weighted by Crippen LogP contribution is -2.39. The summed E-state index contributed by atoms with van der Waals surface area (Å²) in [7, 11) is 1.27. The molecule has 0 spiro atoms. The van der Waals surface area contributed by atoms with Crippen LogP contribution in [0, 0.1) is 13.8 Å². The van der Waals surface area contributed by atoms with Crippen molar-refractivity contribution in [1.82, 2.24) is 15.6 Å². The van der Waals surface area contributed by atoms with Crippen LogP contribution in [0.3, 0.4) is 0 Å². The fourth-order valence-corrected chi connectivity index (χ4v) is 3.14. The topological polar surface area (TPSA) is 127 Å². The summed E-state index contributed by atoms with van der Waals surface area (Å²) < 4.78 is 10.1. The zero-order valence-electron chi connectivity index (χ0n) is 19.1. The van der Waals surface area contributed by atoms with E-state index in [0.29, 0.717) is 23.4 Å². The van der Waals surface area contributed by atoms with Crippen LogP contribution in [0.15, 0.2) is 24.3 Å². The van der Waals surface area contributed by atoms with E-state index in [0.717, 1.165) is 5.56 Å². The average Bonchev–Trinajstić information content (AvgIpc) is 3.04. The number of hydrogen-bond acceptors (Lipinski definition) is 6. The molecule has 0 saturated heterocycles. The normalized spacial score (nSPS) is 11.6. The van der Waals surface area contributed by atoms with Gasteiger partial charge in [-0.05, 0) is 57.9 Å². The van der Waals surface area contributed by atoms with Crippen molar-refractivity contribution in [3.05, 3.63) is 57.9 Å². The zero-order valence-corrected chi connectivity index (χ0v) is 19.1. The smallest absolute Gasteiger partial charge is 0.339 e. The number of carbonyl (C=O) groups is 4. The number of aryl methyl sites for hydroxylation is 1. The highest BCUT2D eigenvalue weighted by Gasteiger charge is 2.27. The zero-order chi connectivity index (χ0) is 24.0. The molecule has 172 valence electrons. The lowest BCUT2D eigenvalue weighted by Gasteiger charge is -2.13. The van der Waals surface area contributed by atoms with Crippen molar-refractivity contribution < 1.29 is 28.7 Å². The fourth-order valence-electron chi connectivity index (χ4n) is 3.14. The summed E-state index contributed by atoms with van der Waals surface area (Å²) in [6, 6.07) is 6.27. The first-order chi connectivity index (χ1) is 15.0. The Hall–Kier alpha value is -3.62. The second-order valence-corrected chi connectivity index (χ2v) is 7.71. The Morgan fingerprint density at radius 2 is 1.62 bits per heavy atom. The predicted molar refractivity (Wildman–Crippen MR) is 118 cm³/mol. The fraction of sp³-hybridized carbons (Fsp3) is 0.391. The summed E-state index contributed by atoms with van der Waals surface area (Å²) in [5.41, 5.74) is 2.51. The molecule has 0 aliphatic rings. The maximum atomic E-state index is 12.8. The molecule has 1 aromatic carbocycles. The van der Waals surface area contributed by atoms with E-state index in [1.165, 1.54) is 14.0 Å². The molecule has 1 heterocycles. The molecule has 0 aliphatic carbocycles. The maximum Gasteiger partial charge on any atom is 0.339 e. The van der Waals surface area contributed by atoms with Gasteiger partial charge < -0.3 is 25.1 Å². The van der Waals surface area contributed by atoms with Gasteiger partial charge in [0.05, 0.1) is 23.9 Å².